The molecule has 1 aromatic rings. The quantitative estimate of drug-likeness (QED) is 0.859. The summed E-state index contributed by atoms with van der Waals surface area (Å²) in [7, 11) is -3.41. The number of imidazole rings is 1. The van der Waals surface area contributed by atoms with Crippen molar-refractivity contribution in [3.63, 3.8) is 0 Å². The number of H-pyrrole nitrogens is 1. The smallest absolute Gasteiger partial charge is 0.257 e. The molecule has 1 aromatic heterocycles. The van der Waals surface area contributed by atoms with Gasteiger partial charge in [-0.25, -0.2) is 18.1 Å². The van der Waals surface area contributed by atoms with Crippen LogP contribution in [0.3, 0.4) is 0 Å². The van der Waals surface area contributed by atoms with E-state index in [1.54, 1.807) is 6.92 Å². The Balaban J connectivity index is 1.82. The highest BCUT2D eigenvalue weighted by molar-refractivity contribution is 7.89. The Morgan fingerprint density at radius 3 is 2.72 bits per heavy atom. The molecule has 1 heterocycles. The minimum Gasteiger partial charge on any atom is -0.332 e. The van der Waals surface area contributed by atoms with E-state index in [2.05, 4.69) is 14.7 Å². The largest absolute Gasteiger partial charge is 0.332 e. The highest BCUT2D eigenvalue weighted by Gasteiger charge is 2.18. The van der Waals surface area contributed by atoms with Crippen LogP contribution in [0.15, 0.2) is 11.2 Å². The molecule has 0 aromatic carbocycles. The van der Waals surface area contributed by atoms with Gasteiger partial charge in [0.1, 0.15) is 5.82 Å². The summed E-state index contributed by atoms with van der Waals surface area (Å²) in [4.78, 5) is 6.65. The predicted molar refractivity (Wildman–Crippen MR) is 69.7 cm³/mol. The van der Waals surface area contributed by atoms with Crippen molar-refractivity contribution in [2.24, 2.45) is 5.92 Å². The molecule has 0 radical (unpaired) electrons. The van der Waals surface area contributed by atoms with Crippen LogP contribution < -0.4 is 4.72 Å². The zero-order valence-corrected chi connectivity index (χ0v) is 11.6. The van der Waals surface area contributed by atoms with Crippen LogP contribution in [-0.4, -0.2) is 24.9 Å². The molecule has 1 fully saturated rings. The van der Waals surface area contributed by atoms with E-state index < -0.39 is 10.0 Å². The Kier molecular flexibility index (Phi) is 4.40. The highest BCUT2D eigenvalue weighted by atomic mass is 32.2. The summed E-state index contributed by atoms with van der Waals surface area (Å²) in [5.41, 5.74) is 0. The normalized spacial score (nSPS) is 18.1. The van der Waals surface area contributed by atoms with Crippen molar-refractivity contribution in [3.8, 4) is 0 Å². The van der Waals surface area contributed by atoms with Crippen molar-refractivity contribution >= 4 is 10.0 Å². The molecule has 0 aliphatic heterocycles. The summed E-state index contributed by atoms with van der Waals surface area (Å²) in [6, 6.07) is 0. The molecule has 2 N–H and O–H groups in total. The van der Waals surface area contributed by atoms with Crippen LogP contribution in [-0.2, 0) is 10.0 Å². The Labute approximate surface area is 108 Å². The molecule has 2 rings (SSSR count). The van der Waals surface area contributed by atoms with Crippen LogP contribution in [0.25, 0.3) is 0 Å². The summed E-state index contributed by atoms with van der Waals surface area (Å²) < 4.78 is 26.4. The third-order valence-corrected chi connectivity index (χ3v) is 4.91. The molecule has 5 nitrogen and oxygen atoms in total. The molecule has 18 heavy (non-hydrogen) atoms. The van der Waals surface area contributed by atoms with Crippen molar-refractivity contribution in [1.29, 1.82) is 0 Å². The van der Waals surface area contributed by atoms with Crippen molar-refractivity contribution in [2.45, 2.75) is 50.5 Å². The summed E-state index contributed by atoms with van der Waals surface area (Å²) >= 11 is 0. The monoisotopic (exact) mass is 271 g/mol. The van der Waals surface area contributed by atoms with Gasteiger partial charge in [-0.15, -0.1) is 0 Å². The van der Waals surface area contributed by atoms with Crippen LogP contribution in [0.2, 0.25) is 0 Å². The first-order valence-electron chi connectivity index (χ1n) is 6.59. The molecule has 0 amide bonds. The van der Waals surface area contributed by atoms with Gasteiger partial charge in [0, 0.05) is 6.54 Å². The van der Waals surface area contributed by atoms with Gasteiger partial charge >= 0.3 is 0 Å². The summed E-state index contributed by atoms with van der Waals surface area (Å²) in [5, 5.41) is 0.156. The fourth-order valence-corrected chi connectivity index (χ4v) is 3.50. The van der Waals surface area contributed by atoms with Gasteiger partial charge in [0.25, 0.3) is 10.0 Å². The maximum absolute atomic E-state index is 11.9. The minimum atomic E-state index is -3.41. The molecule has 6 heteroatoms. The van der Waals surface area contributed by atoms with E-state index in [0.29, 0.717) is 18.3 Å². The van der Waals surface area contributed by atoms with E-state index in [-0.39, 0.29) is 5.03 Å². The third kappa shape index (κ3) is 3.55. The van der Waals surface area contributed by atoms with Gasteiger partial charge in [0.05, 0.1) is 6.20 Å². The summed E-state index contributed by atoms with van der Waals surface area (Å²) in [5.74, 6) is 1.30. The summed E-state index contributed by atoms with van der Waals surface area (Å²) in [6.45, 7) is 2.26. The van der Waals surface area contributed by atoms with Gasteiger partial charge in [-0.3, -0.25) is 0 Å². The molecular formula is C12H21N3O2S. The minimum absolute atomic E-state index is 0.156. The van der Waals surface area contributed by atoms with Crippen LogP contribution in [0.5, 0.6) is 0 Å². The summed E-state index contributed by atoms with van der Waals surface area (Å²) in [6.07, 6.45) is 8.68. The number of nitrogens with zero attached hydrogens (tertiary/aromatic N) is 1. The van der Waals surface area contributed by atoms with Crippen molar-refractivity contribution in [2.75, 3.05) is 6.54 Å². The average molecular weight is 271 g/mol. The number of aromatic amines is 1. The molecule has 102 valence electrons. The number of aromatic nitrogens is 2. The fraction of sp³-hybridized carbons (Fsp3) is 0.750. The second kappa shape index (κ2) is 5.84. The van der Waals surface area contributed by atoms with Crippen LogP contribution in [0, 0.1) is 12.8 Å². The molecule has 0 saturated heterocycles. The van der Waals surface area contributed by atoms with E-state index in [1.165, 1.54) is 38.3 Å². The Morgan fingerprint density at radius 2 is 2.11 bits per heavy atom. The number of hydrogen-bond donors (Lipinski definition) is 2. The van der Waals surface area contributed by atoms with Gasteiger partial charge in [0.2, 0.25) is 0 Å². The maximum atomic E-state index is 11.9. The number of hydrogen-bond acceptors (Lipinski definition) is 3. The molecular weight excluding hydrogens is 250 g/mol. The van der Waals surface area contributed by atoms with E-state index in [1.807, 2.05) is 0 Å². The standard InChI is InChI=1S/C12H21N3O2S/c1-10-13-9-12(15-10)18(16,17)14-8-7-11-5-3-2-4-6-11/h9,11,14H,2-8H2,1H3,(H,13,15). The fourth-order valence-electron chi connectivity index (χ4n) is 2.49. The van der Waals surface area contributed by atoms with Gasteiger partial charge in [0.15, 0.2) is 5.03 Å². The van der Waals surface area contributed by atoms with E-state index in [0.717, 1.165) is 6.42 Å². The number of nitrogens with one attached hydrogen (secondary N) is 2. The second-order valence-electron chi connectivity index (χ2n) is 5.02. The van der Waals surface area contributed by atoms with Crippen LogP contribution in [0.4, 0.5) is 0 Å². The van der Waals surface area contributed by atoms with Gasteiger partial charge in [-0.05, 0) is 19.3 Å². The average Bonchev–Trinajstić information content (AvgIpc) is 2.78. The lowest BCUT2D eigenvalue weighted by Gasteiger charge is -2.21. The number of sulfonamides is 1. The van der Waals surface area contributed by atoms with Gasteiger partial charge in [-0.1, -0.05) is 32.1 Å². The van der Waals surface area contributed by atoms with Gasteiger partial charge in [-0.2, -0.15) is 0 Å². The van der Waals surface area contributed by atoms with Crippen LogP contribution >= 0.6 is 0 Å². The first kappa shape index (κ1) is 13.5. The van der Waals surface area contributed by atoms with E-state index >= 15 is 0 Å². The first-order chi connectivity index (χ1) is 8.58. The highest BCUT2D eigenvalue weighted by Crippen LogP contribution is 2.25. The topological polar surface area (TPSA) is 74.8 Å². The molecule has 0 bridgehead atoms. The second-order valence-corrected chi connectivity index (χ2v) is 6.76. The lowest BCUT2D eigenvalue weighted by molar-refractivity contribution is 0.339. The zero-order chi connectivity index (χ0) is 13.0. The SMILES string of the molecule is Cc1ncc(S(=O)(=O)NCCC2CCCCC2)[nH]1. The van der Waals surface area contributed by atoms with Crippen molar-refractivity contribution in [3.05, 3.63) is 12.0 Å². The van der Waals surface area contributed by atoms with E-state index in [9.17, 15) is 8.42 Å². The molecule has 0 atom stereocenters. The zero-order valence-electron chi connectivity index (χ0n) is 10.8. The van der Waals surface area contributed by atoms with Crippen LogP contribution in [0.1, 0.15) is 44.3 Å². The molecule has 0 unspecified atom stereocenters. The predicted octanol–water partition coefficient (Wildman–Crippen LogP) is 1.97. The lowest BCUT2D eigenvalue weighted by Crippen LogP contribution is -2.27. The molecule has 1 aliphatic rings. The molecule has 1 saturated carbocycles. The third-order valence-electron chi connectivity index (χ3n) is 3.54. The first-order valence-corrected chi connectivity index (χ1v) is 8.07. The lowest BCUT2D eigenvalue weighted by atomic mass is 9.87. The van der Waals surface area contributed by atoms with Crippen molar-refractivity contribution < 1.29 is 8.42 Å². The Morgan fingerprint density at radius 1 is 1.39 bits per heavy atom. The molecule has 1 aliphatic carbocycles. The molecule has 0 spiro atoms. The van der Waals surface area contributed by atoms with Gasteiger partial charge < -0.3 is 4.98 Å². The van der Waals surface area contributed by atoms with E-state index in [4.69, 9.17) is 0 Å². The number of aryl methyl sites for hydroxylation is 1. The van der Waals surface area contributed by atoms with Crippen molar-refractivity contribution in [1.82, 2.24) is 14.7 Å². The maximum Gasteiger partial charge on any atom is 0.257 e. The Hall–Kier alpha value is -0.880. The Bertz CT molecular complexity index is 475. The number of rotatable bonds is 5.